The van der Waals surface area contributed by atoms with Crippen molar-refractivity contribution >= 4 is 27.8 Å². The van der Waals surface area contributed by atoms with Gasteiger partial charge in [-0.2, -0.15) is 10.1 Å². The van der Waals surface area contributed by atoms with Crippen LogP contribution in [0.1, 0.15) is 24.9 Å². The molecule has 0 aliphatic carbocycles. The van der Waals surface area contributed by atoms with Crippen LogP contribution in [0.3, 0.4) is 0 Å². The maximum absolute atomic E-state index is 11.9. The molecular weight excluding hydrogens is 376 g/mol. The Labute approximate surface area is 147 Å². The van der Waals surface area contributed by atoms with Crippen LogP contribution < -0.4 is 14.8 Å². The Balaban J connectivity index is 2.03. The van der Waals surface area contributed by atoms with Crippen LogP contribution in [-0.4, -0.2) is 33.9 Å². The molecule has 3 rings (SSSR count). The summed E-state index contributed by atoms with van der Waals surface area (Å²) in [5.74, 6) is 1.56. The Morgan fingerprint density at radius 3 is 3.08 bits per heavy atom. The largest absolute Gasteiger partial charge is 0.490 e. The van der Waals surface area contributed by atoms with Crippen LogP contribution >= 0.6 is 15.9 Å². The molecule has 126 valence electrons. The highest BCUT2D eigenvalue weighted by molar-refractivity contribution is 9.10. The number of benzene rings is 1. The van der Waals surface area contributed by atoms with Crippen LogP contribution in [0.15, 0.2) is 35.6 Å². The van der Waals surface area contributed by atoms with E-state index in [1.165, 1.54) is 6.33 Å². The molecule has 2 heterocycles. The number of aromatic nitrogens is 3. The van der Waals surface area contributed by atoms with Gasteiger partial charge in [-0.3, -0.25) is 10.1 Å². The number of anilines is 1. The first-order valence-electron chi connectivity index (χ1n) is 7.53. The number of fused-ring (bicyclic) bond motifs is 1. The fourth-order valence-electron chi connectivity index (χ4n) is 2.59. The lowest BCUT2D eigenvalue weighted by atomic mass is 10.0. The molecule has 2 aromatic rings. The molecule has 8 heteroatoms. The van der Waals surface area contributed by atoms with Crippen molar-refractivity contribution in [3.05, 3.63) is 41.2 Å². The molecule has 1 aromatic carbocycles. The third-order valence-corrected chi connectivity index (χ3v) is 4.15. The zero-order chi connectivity index (χ0) is 17.1. The number of carbonyl (C=O) groups is 1. The summed E-state index contributed by atoms with van der Waals surface area (Å²) in [5.41, 5.74) is 0.887. The lowest BCUT2D eigenvalue weighted by Crippen LogP contribution is -2.29. The van der Waals surface area contributed by atoms with E-state index in [1.807, 2.05) is 19.1 Å². The van der Waals surface area contributed by atoms with Crippen molar-refractivity contribution in [1.82, 2.24) is 14.8 Å². The van der Waals surface area contributed by atoms with Gasteiger partial charge >= 0.3 is 0 Å². The molecule has 0 saturated carbocycles. The maximum atomic E-state index is 11.9. The second-order valence-corrected chi connectivity index (χ2v) is 6.01. The SMILES string of the molecule is C=CCOc1c(Br)cc([C@@H]2CC(=O)Nc3ncnn32)cc1OCC. The predicted octanol–water partition coefficient (Wildman–Crippen LogP) is 2.94. The lowest BCUT2D eigenvalue weighted by Gasteiger charge is -2.25. The van der Waals surface area contributed by atoms with E-state index in [1.54, 1.807) is 10.8 Å². The summed E-state index contributed by atoms with van der Waals surface area (Å²) in [7, 11) is 0. The average molecular weight is 393 g/mol. The van der Waals surface area contributed by atoms with E-state index < -0.39 is 0 Å². The topological polar surface area (TPSA) is 78.3 Å². The van der Waals surface area contributed by atoms with E-state index >= 15 is 0 Å². The first-order chi connectivity index (χ1) is 11.6. The highest BCUT2D eigenvalue weighted by Gasteiger charge is 2.29. The molecule has 1 aliphatic heterocycles. The summed E-state index contributed by atoms with van der Waals surface area (Å²) in [6, 6.07) is 3.54. The van der Waals surface area contributed by atoms with E-state index in [9.17, 15) is 4.79 Å². The number of amides is 1. The maximum Gasteiger partial charge on any atom is 0.229 e. The van der Waals surface area contributed by atoms with Gasteiger partial charge in [-0.1, -0.05) is 12.7 Å². The van der Waals surface area contributed by atoms with E-state index in [4.69, 9.17) is 9.47 Å². The van der Waals surface area contributed by atoms with Crippen molar-refractivity contribution in [2.75, 3.05) is 18.5 Å². The second-order valence-electron chi connectivity index (χ2n) is 5.16. The molecule has 1 amide bonds. The van der Waals surface area contributed by atoms with Crippen LogP contribution in [0, 0.1) is 0 Å². The third kappa shape index (κ3) is 3.14. The van der Waals surface area contributed by atoms with Crippen molar-refractivity contribution in [2.24, 2.45) is 0 Å². The summed E-state index contributed by atoms with van der Waals surface area (Å²) in [6.45, 7) is 6.43. The van der Waals surface area contributed by atoms with Crippen LogP contribution in [0.5, 0.6) is 11.5 Å². The second kappa shape index (κ2) is 7.04. The van der Waals surface area contributed by atoms with E-state index in [0.717, 1.165) is 10.0 Å². The fourth-order valence-corrected chi connectivity index (χ4v) is 3.16. The summed E-state index contributed by atoms with van der Waals surface area (Å²) in [5, 5.41) is 6.92. The summed E-state index contributed by atoms with van der Waals surface area (Å²) in [6.07, 6.45) is 3.37. The molecule has 1 aliphatic rings. The molecule has 0 spiro atoms. The highest BCUT2D eigenvalue weighted by atomic mass is 79.9. The standard InChI is InChI=1S/C16H17BrN4O3/c1-3-5-24-15-11(17)6-10(7-13(15)23-4-2)12-8-14(22)20-16-18-9-19-21(12)16/h3,6-7,9,12H,1,4-5,8H2,2H3,(H,18,19,20,22)/t12-/m0/s1. The Morgan fingerprint density at radius 1 is 1.50 bits per heavy atom. The molecule has 0 radical (unpaired) electrons. The first kappa shape index (κ1) is 16.5. The van der Waals surface area contributed by atoms with Gasteiger partial charge in [-0.15, -0.1) is 0 Å². The molecule has 0 unspecified atom stereocenters. The summed E-state index contributed by atoms with van der Waals surface area (Å²) < 4.78 is 13.8. The van der Waals surface area contributed by atoms with Gasteiger partial charge < -0.3 is 9.47 Å². The minimum atomic E-state index is -0.250. The van der Waals surface area contributed by atoms with Gasteiger partial charge in [0.2, 0.25) is 11.9 Å². The zero-order valence-corrected chi connectivity index (χ0v) is 14.7. The van der Waals surface area contributed by atoms with Gasteiger partial charge in [0.25, 0.3) is 0 Å². The molecule has 0 bridgehead atoms. The molecular formula is C16H17BrN4O3. The van der Waals surface area contributed by atoms with Gasteiger partial charge in [0, 0.05) is 0 Å². The summed E-state index contributed by atoms with van der Waals surface area (Å²) in [4.78, 5) is 16.0. The van der Waals surface area contributed by atoms with Crippen LogP contribution in [0.4, 0.5) is 5.95 Å². The number of halogens is 1. The van der Waals surface area contributed by atoms with Crippen molar-refractivity contribution < 1.29 is 14.3 Å². The van der Waals surface area contributed by atoms with E-state index in [2.05, 4.69) is 37.9 Å². The van der Waals surface area contributed by atoms with Crippen LogP contribution in [-0.2, 0) is 4.79 Å². The van der Waals surface area contributed by atoms with Crippen molar-refractivity contribution in [2.45, 2.75) is 19.4 Å². The average Bonchev–Trinajstić information content (AvgIpc) is 3.01. The number of hydrogen-bond donors (Lipinski definition) is 1. The minimum Gasteiger partial charge on any atom is -0.490 e. The van der Waals surface area contributed by atoms with E-state index in [0.29, 0.717) is 30.7 Å². The molecule has 1 aromatic heterocycles. The number of carbonyl (C=O) groups excluding carboxylic acids is 1. The Morgan fingerprint density at radius 2 is 2.33 bits per heavy atom. The predicted molar refractivity (Wildman–Crippen MR) is 92.4 cm³/mol. The number of hydrogen-bond acceptors (Lipinski definition) is 5. The quantitative estimate of drug-likeness (QED) is 0.764. The molecule has 1 N–H and O–H groups in total. The zero-order valence-electron chi connectivity index (χ0n) is 13.2. The van der Waals surface area contributed by atoms with Gasteiger partial charge in [0.15, 0.2) is 11.5 Å². The van der Waals surface area contributed by atoms with Crippen molar-refractivity contribution in [3.8, 4) is 11.5 Å². The van der Waals surface area contributed by atoms with E-state index in [-0.39, 0.29) is 18.4 Å². The minimum absolute atomic E-state index is 0.0958. The number of nitrogens with one attached hydrogen (secondary N) is 1. The van der Waals surface area contributed by atoms with Gasteiger partial charge in [-0.05, 0) is 40.5 Å². The Kier molecular flexibility index (Phi) is 4.84. The van der Waals surface area contributed by atoms with Crippen molar-refractivity contribution in [1.29, 1.82) is 0 Å². The molecule has 0 saturated heterocycles. The molecule has 7 nitrogen and oxygen atoms in total. The van der Waals surface area contributed by atoms with Gasteiger partial charge in [0.1, 0.15) is 12.9 Å². The third-order valence-electron chi connectivity index (χ3n) is 3.56. The Hall–Kier alpha value is -2.35. The molecule has 24 heavy (non-hydrogen) atoms. The monoisotopic (exact) mass is 392 g/mol. The van der Waals surface area contributed by atoms with Crippen LogP contribution in [0.2, 0.25) is 0 Å². The Bertz CT molecular complexity index is 775. The number of ether oxygens (including phenoxy) is 2. The summed E-state index contributed by atoms with van der Waals surface area (Å²) >= 11 is 3.53. The first-order valence-corrected chi connectivity index (χ1v) is 8.32. The number of rotatable bonds is 6. The normalized spacial score (nSPS) is 16.2. The highest BCUT2D eigenvalue weighted by Crippen LogP contribution is 2.40. The van der Waals surface area contributed by atoms with Crippen molar-refractivity contribution in [3.63, 3.8) is 0 Å². The van der Waals surface area contributed by atoms with Gasteiger partial charge in [-0.25, -0.2) is 4.68 Å². The molecule has 0 fully saturated rings. The molecule has 1 atom stereocenters. The van der Waals surface area contributed by atoms with Crippen LogP contribution in [0.25, 0.3) is 0 Å². The number of nitrogens with zero attached hydrogens (tertiary/aromatic N) is 3. The lowest BCUT2D eigenvalue weighted by molar-refractivity contribution is -0.117. The fraction of sp³-hybridized carbons (Fsp3) is 0.312. The smallest absolute Gasteiger partial charge is 0.229 e. The van der Waals surface area contributed by atoms with Gasteiger partial charge in [0.05, 0.1) is 23.5 Å².